The first-order chi connectivity index (χ1) is 8.63. The first kappa shape index (κ1) is 18.8. The van der Waals surface area contributed by atoms with Crippen LogP contribution in [0.4, 0.5) is 8.78 Å². The molecule has 19 heavy (non-hydrogen) atoms. The van der Waals surface area contributed by atoms with E-state index < -0.39 is 21.3 Å². The zero-order chi connectivity index (χ0) is 14.9. The smallest absolute Gasteiger partial charge is 0.245 e. The first-order valence-electron chi connectivity index (χ1n) is 6.95. The van der Waals surface area contributed by atoms with Gasteiger partial charge in [0.05, 0.1) is 10.1 Å². The topological polar surface area (TPSA) is 57.2 Å². The monoisotopic (exact) mass is 299 g/mol. The van der Waals surface area contributed by atoms with Crippen LogP contribution in [0.2, 0.25) is 0 Å². The lowest BCUT2D eigenvalue weighted by Gasteiger charge is -2.15. The Labute approximate surface area is 115 Å². The highest BCUT2D eigenvalue weighted by molar-refractivity contribution is 7.86. The van der Waals surface area contributed by atoms with E-state index in [0.717, 1.165) is 45.4 Å². The van der Waals surface area contributed by atoms with Crippen molar-refractivity contribution >= 4 is 10.1 Å². The second-order valence-corrected chi connectivity index (χ2v) is 7.18. The van der Waals surface area contributed by atoms with Crippen molar-refractivity contribution in [2.24, 2.45) is 0 Å². The van der Waals surface area contributed by atoms with Gasteiger partial charge in [-0.1, -0.05) is 38.5 Å². The summed E-state index contributed by atoms with van der Waals surface area (Å²) >= 11 is 0. The van der Waals surface area contributed by atoms with Gasteiger partial charge in [-0.3, -0.25) is 0 Å². The molecule has 0 heterocycles. The van der Waals surface area contributed by atoms with Gasteiger partial charge in [0.1, 0.15) is 0 Å². The van der Waals surface area contributed by atoms with Crippen LogP contribution >= 0.6 is 0 Å². The molecule has 0 bridgehead atoms. The molecule has 0 aromatic rings. The van der Waals surface area contributed by atoms with Crippen LogP contribution in [-0.2, 0) is 10.1 Å². The molecule has 3 nitrogen and oxygen atoms in total. The van der Waals surface area contributed by atoms with E-state index in [4.69, 9.17) is 0 Å². The van der Waals surface area contributed by atoms with E-state index in [0.29, 0.717) is 12.8 Å². The fraction of sp³-hybridized carbons (Fsp3) is 1.00. The molecule has 0 spiro atoms. The summed E-state index contributed by atoms with van der Waals surface area (Å²) < 4.78 is 56.9. The van der Waals surface area contributed by atoms with E-state index in [1.807, 2.05) is 0 Å². The van der Waals surface area contributed by atoms with E-state index in [1.165, 1.54) is 6.92 Å². The molecule has 0 saturated heterocycles. The molecule has 0 aliphatic carbocycles. The molecule has 0 aromatic carbocycles. The Bertz CT molecular complexity index is 323. The van der Waals surface area contributed by atoms with Crippen molar-refractivity contribution in [2.75, 3.05) is 0 Å². The van der Waals surface area contributed by atoms with Gasteiger partial charge in [-0.25, -0.2) is 17.2 Å². The normalized spacial score (nSPS) is 14.6. The average Bonchev–Trinajstić information content (AvgIpc) is 2.23. The summed E-state index contributed by atoms with van der Waals surface area (Å²) in [5.41, 5.74) is 0. The van der Waals surface area contributed by atoms with Crippen LogP contribution in [0.3, 0.4) is 0 Å². The lowest BCUT2D eigenvalue weighted by molar-refractivity contribution is 0.0103. The Morgan fingerprint density at radius 2 is 1.42 bits per heavy atom. The number of alkyl halides is 2. The van der Waals surface area contributed by atoms with Gasteiger partial charge in [0, 0.05) is 11.7 Å². The Kier molecular flexibility index (Phi) is 8.74. The highest BCUT2D eigenvalue weighted by Crippen LogP contribution is 2.21. The molecule has 0 aliphatic heterocycles. The molecule has 0 aromatic heterocycles. The predicted octanol–water partition coefficient (Wildman–Crippen LogP) is 4.09. The fourth-order valence-corrected chi connectivity index (χ4v) is 2.35. The third-order valence-electron chi connectivity index (χ3n) is 3.22. The lowest BCUT2D eigenvalue weighted by atomic mass is 10.1. The summed E-state index contributed by atoms with van der Waals surface area (Å²) in [4.78, 5) is 0. The molecular weight excluding hydrogens is 274 g/mol. The Morgan fingerprint density at radius 3 is 1.84 bits per heavy atom. The molecule has 1 atom stereocenters. The van der Waals surface area contributed by atoms with Gasteiger partial charge < -0.3 is 4.55 Å². The molecule has 6 heteroatoms. The molecule has 116 valence electrons. The minimum absolute atomic E-state index is 0.0497. The Balaban J connectivity index is 3.33. The van der Waals surface area contributed by atoms with Gasteiger partial charge in [0.25, 0.3) is 0 Å². The van der Waals surface area contributed by atoms with Gasteiger partial charge in [-0.2, -0.15) is 0 Å². The number of hydrogen-bond donors (Lipinski definition) is 0. The van der Waals surface area contributed by atoms with Gasteiger partial charge in [0.15, 0.2) is 0 Å². The van der Waals surface area contributed by atoms with Crippen molar-refractivity contribution in [3.8, 4) is 0 Å². The number of hydrogen-bond acceptors (Lipinski definition) is 3. The molecule has 0 fully saturated rings. The minimum atomic E-state index is -4.14. The third kappa shape index (κ3) is 12.5. The summed E-state index contributed by atoms with van der Waals surface area (Å²) in [5.74, 6) is -2.56. The van der Waals surface area contributed by atoms with Crippen molar-refractivity contribution in [3.05, 3.63) is 0 Å². The summed E-state index contributed by atoms with van der Waals surface area (Å²) in [5, 5.41) is -0.806. The van der Waals surface area contributed by atoms with Gasteiger partial charge in [-0.05, 0) is 26.7 Å². The summed E-state index contributed by atoms with van der Waals surface area (Å²) in [6, 6.07) is 0. The van der Waals surface area contributed by atoms with Crippen LogP contribution in [0.15, 0.2) is 0 Å². The van der Waals surface area contributed by atoms with Crippen LogP contribution in [0, 0.1) is 0 Å². The molecule has 0 rings (SSSR count). The van der Waals surface area contributed by atoms with Crippen molar-refractivity contribution in [3.63, 3.8) is 0 Å². The summed E-state index contributed by atoms with van der Waals surface area (Å²) in [7, 11) is -4.14. The zero-order valence-corrected chi connectivity index (χ0v) is 12.6. The maximum atomic E-state index is 12.5. The third-order valence-corrected chi connectivity index (χ3v) is 4.44. The van der Waals surface area contributed by atoms with E-state index in [2.05, 4.69) is 0 Å². The zero-order valence-electron chi connectivity index (χ0n) is 11.8. The van der Waals surface area contributed by atoms with E-state index in [9.17, 15) is 21.8 Å². The number of halogens is 2. The second kappa shape index (κ2) is 8.84. The van der Waals surface area contributed by atoms with Crippen LogP contribution in [0.5, 0.6) is 0 Å². The highest BCUT2D eigenvalue weighted by atomic mass is 32.2. The molecular formula is C13H25F2O3S-. The van der Waals surface area contributed by atoms with E-state index >= 15 is 0 Å². The number of rotatable bonds is 11. The first-order valence-corrected chi connectivity index (χ1v) is 8.42. The molecule has 0 aliphatic rings. The van der Waals surface area contributed by atoms with Crippen LogP contribution < -0.4 is 0 Å². The molecule has 0 saturated carbocycles. The highest BCUT2D eigenvalue weighted by Gasteiger charge is 2.19. The van der Waals surface area contributed by atoms with E-state index in [1.54, 1.807) is 0 Å². The second-order valence-electron chi connectivity index (χ2n) is 5.39. The molecule has 1 unspecified atom stereocenters. The van der Waals surface area contributed by atoms with Crippen molar-refractivity contribution in [2.45, 2.75) is 82.8 Å². The van der Waals surface area contributed by atoms with Gasteiger partial charge in [0.2, 0.25) is 5.92 Å². The van der Waals surface area contributed by atoms with Gasteiger partial charge in [-0.15, -0.1) is 0 Å². The van der Waals surface area contributed by atoms with Crippen molar-refractivity contribution < 1.29 is 21.8 Å². The summed E-state index contributed by atoms with van der Waals surface area (Å²) in [6.45, 7) is 2.38. The Morgan fingerprint density at radius 1 is 1.00 bits per heavy atom. The van der Waals surface area contributed by atoms with E-state index in [-0.39, 0.29) is 6.42 Å². The maximum Gasteiger partial charge on any atom is 0.245 e. The maximum absolute atomic E-state index is 12.5. The van der Waals surface area contributed by atoms with Crippen LogP contribution in [-0.4, -0.2) is 24.1 Å². The van der Waals surface area contributed by atoms with Crippen molar-refractivity contribution in [1.82, 2.24) is 0 Å². The number of unbranched alkanes of at least 4 members (excludes halogenated alkanes) is 6. The lowest BCUT2D eigenvalue weighted by Crippen LogP contribution is -2.16. The Hall–Kier alpha value is -0.230. The standard InChI is InChI=1S/C13H26F2O3S/c1-12(19(16,17)18)10-8-6-4-3-5-7-9-11-13(2,14)15/h12H,3-11H2,1-2H3,(H,16,17,18)/p-1. The summed E-state index contributed by atoms with van der Waals surface area (Å²) in [6.07, 6.45) is 6.23. The SMILES string of the molecule is CC(CCCCCCCCCC(C)(F)F)S(=O)(=O)[O-]. The largest absolute Gasteiger partial charge is 0.748 e. The quantitative estimate of drug-likeness (QED) is 0.426. The van der Waals surface area contributed by atoms with Crippen molar-refractivity contribution in [1.29, 1.82) is 0 Å². The molecule has 0 N–H and O–H groups in total. The van der Waals surface area contributed by atoms with Gasteiger partial charge >= 0.3 is 0 Å². The predicted molar refractivity (Wildman–Crippen MR) is 71.3 cm³/mol. The molecule has 0 amide bonds. The fourth-order valence-electron chi connectivity index (χ4n) is 1.90. The minimum Gasteiger partial charge on any atom is -0.748 e. The van der Waals surface area contributed by atoms with Crippen LogP contribution in [0.25, 0.3) is 0 Å². The average molecular weight is 299 g/mol. The van der Waals surface area contributed by atoms with Crippen LogP contribution in [0.1, 0.15) is 71.6 Å². The molecule has 0 radical (unpaired) electrons.